The number of carbonyl (C=O) groups is 2. The minimum atomic E-state index is -1.14. The lowest BCUT2D eigenvalue weighted by molar-refractivity contribution is 0.0695. The number of rotatable bonds is 6. The van der Waals surface area contributed by atoms with Gasteiger partial charge in [0, 0.05) is 24.6 Å². The van der Waals surface area contributed by atoms with Crippen LogP contribution in [0.2, 0.25) is 0 Å². The van der Waals surface area contributed by atoms with Gasteiger partial charge in [-0.15, -0.1) is 0 Å². The Morgan fingerprint density at radius 1 is 1.36 bits per heavy atom. The summed E-state index contributed by atoms with van der Waals surface area (Å²) in [6.45, 7) is 3.46. The van der Waals surface area contributed by atoms with Crippen LogP contribution in [0.25, 0.3) is 0 Å². The van der Waals surface area contributed by atoms with Gasteiger partial charge in [-0.25, -0.2) is 4.79 Å². The molecule has 3 rings (SSSR count). The van der Waals surface area contributed by atoms with Crippen LogP contribution in [0.1, 0.15) is 38.5 Å². The number of furan rings is 1. The molecule has 1 aliphatic rings. The van der Waals surface area contributed by atoms with Crippen LogP contribution >= 0.6 is 0 Å². The number of hydrogen-bond donors (Lipinski definition) is 2. The Balaban J connectivity index is 1.67. The lowest BCUT2D eigenvalue weighted by Gasteiger charge is -2.16. The maximum atomic E-state index is 12.1. The van der Waals surface area contributed by atoms with Crippen LogP contribution in [0.3, 0.4) is 0 Å². The summed E-state index contributed by atoms with van der Waals surface area (Å²) < 4.78 is 16.3. The predicted molar refractivity (Wildman–Crippen MR) is 87.9 cm³/mol. The van der Waals surface area contributed by atoms with Crippen molar-refractivity contribution < 1.29 is 28.6 Å². The molecule has 0 unspecified atom stereocenters. The van der Waals surface area contributed by atoms with Crippen LogP contribution in [0, 0.1) is 6.92 Å². The average Bonchev–Trinajstić information content (AvgIpc) is 3.25. The lowest BCUT2D eigenvalue weighted by atomic mass is 10.1. The Kier molecular flexibility index (Phi) is 5.04. The zero-order valence-electron chi connectivity index (χ0n) is 13.8. The first-order valence-electron chi connectivity index (χ1n) is 7.97. The van der Waals surface area contributed by atoms with Crippen molar-refractivity contribution >= 4 is 11.9 Å². The van der Waals surface area contributed by atoms with E-state index in [0.29, 0.717) is 19.0 Å². The summed E-state index contributed by atoms with van der Waals surface area (Å²) in [5.41, 5.74) is 1.82. The maximum Gasteiger partial charge on any atom is 0.338 e. The van der Waals surface area contributed by atoms with Gasteiger partial charge in [0.1, 0.15) is 18.1 Å². The van der Waals surface area contributed by atoms with Crippen LogP contribution in [0.4, 0.5) is 0 Å². The van der Waals surface area contributed by atoms with Gasteiger partial charge in [-0.3, -0.25) is 4.79 Å². The van der Waals surface area contributed by atoms with Gasteiger partial charge in [0.2, 0.25) is 0 Å². The molecule has 0 aliphatic carbocycles. The van der Waals surface area contributed by atoms with E-state index >= 15 is 0 Å². The first-order valence-corrected chi connectivity index (χ1v) is 7.97. The molecule has 0 spiro atoms. The molecule has 1 aromatic carbocycles. The van der Waals surface area contributed by atoms with E-state index in [-0.39, 0.29) is 24.0 Å². The Morgan fingerprint density at radius 3 is 2.88 bits per heavy atom. The van der Waals surface area contributed by atoms with Crippen molar-refractivity contribution in [1.82, 2.24) is 5.32 Å². The van der Waals surface area contributed by atoms with Crippen molar-refractivity contribution in [3.63, 3.8) is 0 Å². The van der Waals surface area contributed by atoms with Crippen molar-refractivity contribution in [2.24, 2.45) is 0 Å². The topological polar surface area (TPSA) is 98.0 Å². The maximum absolute atomic E-state index is 12.1. The van der Waals surface area contributed by atoms with E-state index in [4.69, 9.17) is 19.0 Å². The molecular weight excluding hydrogens is 326 g/mol. The van der Waals surface area contributed by atoms with Crippen molar-refractivity contribution in [3.8, 4) is 5.75 Å². The monoisotopic (exact) mass is 345 g/mol. The SMILES string of the molecule is Cc1ccc(CNC(=O)c2cc(C(=O)O)co2)c(O[C@@H]2CCOC2)c1. The number of benzene rings is 1. The number of aryl methyl sites for hydroxylation is 1. The van der Waals surface area contributed by atoms with Crippen molar-refractivity contribution in [1.29, 1.82) is 0 Å². The molecule has 0 bridgehead atoms. The summed E-state index contributed by atoms with van der Waals surface area (Å²) in [5, 5.41) is 11.6. The molecule has 132 valence electrons. The zero-order valence-corrected chi connectivity index (χ0v) is 13.8. The van der Waals surface area contributed by atoms with Crippen LogP contribution in [0.15, 0.2) is 34.9 Å². The molecule has 7 nitrogen and oxygen atoms in total. The fourth-order valence-electron chi connectivity index (χ4n) is 2.53. The third-order valence-corrected chi connectivity index (χ3v) is 3.91. The highest BCUT2D eigenvalue weighted by Gasteiger charge is 2.19. The molecule has 1 atom stereocenters. The predicted octanol–water partition coefficient (Wildman–Crippen LogP) is 2.38. The highest BCUT2D eigenvalue weighted by Crippen LogP contribution is 2.24. The van der Waals surface area contributed by atoms with Crippen LogP contribution < -0.4 is 10.1 Å². The van der Waals surface area contributed by atoms with E-state index < -0.39 is 11.9 Å². The molecule has 7 heteroatoms. The molecule has 1 saturated heterocycles. The van der Waals surface area contributed by atoms with E-state index in [1.54, 1.807) is 0 Å². The third-order valence-electron chi connectivity index (χ3n) is 3.91. The summed E-state index contributed by atoms with van der Waals surface area (Å²) in [5.74, 6) is -0.961. The molecule has 1 aliphatic heterocycles. The summed E-state index contributed by atoms with van der Waals surface area (Å²) in [7, 11) is 0. The van der Waals surface area contributed by atoms with E-state index in [2.05, 4.69) is 5.32 Å². The van der Waals surface area contributed by atoms with Crippen LogP contribution in [0.5, 0.6) is 5.75 Å². The number of nitrogens with one attached hydrogen (secondary N) is 1. The van der Waals surface area contributed by atoms with Crippen molar-refractivity contribution in [2.75, 3.05) is 13.2 Å². The summed E-state index contributed by atoms with van der Waals surface area (Å²) in [6, 6.07) is 6.95. The number of carboxylic acids is 1. The van der Waals surface area contributed by atoms with Crippen LogP contribution in [-0.2, 0) is 11.3 Å². The molecule has 25 heavy (non-hydrogen) atoms. The molecule has 1 aromatic heterocycles. The first-order chi connectivity index (χ1) is 12.0. The fourth-order valence-corrected chi connectivity index (χ4v) is 2.53. The van der Waals surface area contributed by atoms with Gasteiger partial charge in [-0.05, 0) is 18.6 Å². The molecule has 2 aromatic rings. The number of carbonyl (C=O) groups excluding carboxylic acids is 1. The highest BCUT2D eigenvalue weighted by atomic mass is 16.5. The molecular formula is C18H19NO6. The van der Waals surface area contributed by atoms with E-state index in [1.807, 2.05) is 25.1 Å². The highest BCUT2D eigenvalue weighted by molar-refractivity contribution is 5.95. The van der Waals surface area contributed by atoms with Crippen molar-refractivity contribution in [3.05, 3.63) is 53.0 Å². The quantitative estimate of drug-likeness (QED) is 0.834. The number of hydrogen-bond acceptors (Lipinski definition) is 5. The van der Waals surface area contributed by atoms with E-state index in [0.717, 1.165) is 23.8 Å². The largest absolute Gasteiger partial charge is 0.488 e. The second-order valence-electron chi connectivity index (χ2n) is 5.90. The Hall–Kier alpha value is -2.80. The Morgan fingerprint density at radius 2 is 2.20 bits per heavy atom. The van der Waals surface area contributed by atoms with Crippen LogP contribution in [-0.4, -0.2) is 36.3 Å². The summed E-state index contributed by atoms with van der Waals surface area (Å²) in [4.78, 5) is 23.0. The van der Waals surface area contributed by atoms with Crippen molar-refractivity contribution in [2.45, 2.75) is 26.0 Å². The second kappa shape index (κ2) is 7.40. The summed E-state index contributed by atoms with van der Waals surface area (Å²) >= 11 is 0. The Labute approximate surface area is 144 Å². The smallest absolute Gasteiger partial charge is 0.338 e. The second-order valence-corrected chi connectivity index (χ2v) is 5.90. The molecule has 0 radical (unpaired) electrons. The first kappa shape index (κ1) is 17.0. The summed E-state index contributed by atoms with van der Waals surface area (Å²) in [6.07, 6.45) is 1.89. The number of aromatic carboxylic acids is 1. The average molecular weight is 345 g/mol. The minimum absolute atomic E-state index is 0.0134. The fraction of sp³-hybridized carbons (Fsp3) is 0.333. The minimum Gasteiger partial charge on any atom is -0.488 e. The molecule has 0 saturated carbocycles. The molecule has 2 N–H and O–H groups in total. The van der Waals surface area contributed by atoms with Gasteiger partial charge < -0.3 is 24.3 Å². The van der Waals surface area contributed by atoms with Gasteiger partial charge in [0.05, 0.1) is 18.8 Å². The van der Waals surface area contributed by atoms with Gasteiger partial charge in [-0.2, -0.15) is 0 Å². The number of amides is 1. The third kappa shape index (κ3) is 4.19. The lowest BCUT2D eigenvalue weighted by Crippen LogP contribution is -2.23. The Bertz CT molecular complexity index is 776. The van der Waals surface area contributed by atoms with Gasteiger partial charge in [-0.1, -0.05) is 12.1 Å². The molecule has 1 fully saturated rings. The standard InChI is InChI=1S/C18H19NO6/c1-11-2-3-12(15(6-11)25-14-4-5-23-10-14)8-19-17(20)16-7-13(9-24-16)18(21)22/h2-3,6-7,9,14H,4-5,8,10H2,1H3,(H,19,20)(H,21,22)/t14-/m1/s1. The molecule has 2 heterocycles. The number of carboxylic acid groups (broad SMARTS) is 1. The normalized spacial score (nSPS) is 16.6. The zero-order chi connectivity index (χ0) is 17.8. The van der Waals surface area contributed by atoms with Gasteiger partial charge >= 0.3 is 5.97 Å². The number of ether oxygens (including phenoxy) is 2. The van der Waals surface area contributed by atoms with E-state index in [9.17, 15) is 9.59 Å². The van der Waals surface area contributed by atoms with Gasteiger partial charge in [0.25, 0.3) is 5.91 Å². The van der Waals surface area contributed by atoms with Gasteiger partial charge in [0.15, 0.2) is 5.76 Å². The molecule has 1 amide bonds. The van der Waals surface area contributed by atoms with E-state index in [1.165, 1.54) is 6.07 Å².